The molecule has 0 heterocycles. The summed E-state index contributed by atoms with van der Waals surface area (Å²) in [5, 5.41) is 5.93. The Kier molecular flexibility index (Phi) is 6.48. The molecule has 0 saturated carbocycles. The third kappa shape index (κ3) is 5.02. The Labute approximate surface area is 114 Å². The topological polar surface area (TPSA) is 50.4 Å². The maximum atomic E-state index is 11.6. The quantitative estimate of drug-likeness (QED) is 0.727. The number of hydrogen-bond donors (Lipinski definition) is 2. The molecule has 1 aromatic carbocycles. The third-order valence-electron chi connectivity index (χ3n) is 2.63. The summed E-state index contributed by atoms with van der Waals surface area (Å²) in [7, 11) is 0. The number of terminal acetylenes is 1. The number of hydrogen-bond acceptors (Lipinski definition) is 3. The highest BCUT2D eigenvalue weighted by molar-refractivity contribution is 5.81. The van der Waals surface area contributed by atoms with E-state index in [0.29, 0.717) is 13.1 Å². The normalized spacial score (nSPS) is 11.4. The summed E-state index contributed by atoms with van der Waals surface area (Å²) in [5.41, 5.74) is 0.980. The van der Waals surface area contributed by atoms with E-state index in [0.717, 1.165) is 11.3 Å². The van der Waals surface area contributed by atoms with E-state index in [9.17, 15) is 4.79 Å². The number of benzene rings is 1. The Morgan fingerprint density at radius 2 is 2.21 bits per heavy atom. The van der Waals surface area contributed by atoms with Crippen molar-refractivity contribution in [2.24, 2.45) is 0 Å². The number of nitrogens with one attached hydrogen (secondary N) is 2. The first kappa shape index (κ1) is 15.1. The summed E-state index contributed by atoms with van der Waals surface area (Å²) >= 11 is 0. The molecule has 4 heteroatoms. The van der Waals surface area contributed by atoms with Crippen molar-refractivity contribution < 1.29 is 9.53 Å². The van der Waals surface area contributed by atoms with Crippen molar-refractivity contribution in [3.63, 3.8) is 0 Å². The highest BCUT2D eigenvalue weighted by atomic mass is 16.5. The van der Waals surface area contributed by atoms with Gasteiger partial charge in [-0.25, -0.2) is 0 Å². The molecular weight excluding hydrogens is 240 g/mol. The van der Waals surface area contributed by atoms with Crippen molar-refractivity contribution in [2.45, 2.75) is 26.4 Å². The van der Waals surface area contributed by atoms with Crippen LogP contribution in [0.1, 0.15) is 19.4 Å². The van der Waals surface area contributed by atoms with Crippen LogP contribution in [-0.4, -0.2) is 25.1 Å². The molecule has 0 spiro atoms. The Morgan fingerprint density at radius 1 is 1.47 bits per heavy atom. The number of ether oxygens (including phenoxy) is 1. The van der Waals surface area contributed by atoms with E-state index < -0.39 is 0 Å². The van der Waals surface area contributed by atoms with Gasteiger partial charge in [-0.05, 0) is 19.9 Å². The number of rotatable bonds is 7. The van der Waals surface area contributed by atoms with Crippen molar-refractivity contribution >= 4 is 5.91 Å². The van der Waals surface area contributed by atoms with E-state index in [1.54, 1.807) is 0 Å². The molecule has 0 saturated heterocycles. The van der Waals surface area contributed by atoms with Gasteiger partial charge >= 0.3 is 0 Å². The minimum atomic E-state index is -0.249. The Morgan fingerprint density at radius 3 is 2.89 bits per heavy atom. The predicted octanol–water partition coefficient (Wildman–Crippen LogP) is 1.31. The second-order valence-corrected chi connectivity index (χ2v) is 4.10. The number of para-hydroxylation sites is 1. The van der Waals surface area contributed by atoms with E-state index in [1.165, 1.54) is 0 Å². The van der Waals surface area contributed by atoms with Crippen molar-refractivity contribution in [2.75, 3.05) is 13.2 Å². The minimum absolute atomic E-state index is 0.00970. The molecule has 0 radical (unpaired) electrons. The van der Waals surface area contributed by atoms with E-state index in [1.807, 2.05) is 38.1 Å². The molecule has 0 bridgehead atoms. The summed E-state index contributed by atoms with van der Waals surface area (Å²) in [6, 6.07) is 7.38. The van der Waals surface area contributed by atoms with Gasteiger partial charge < -0.3 is 15.4 Å². The van der Waals surface area contributed by atoms with Gasteiger partial charge in [0.2, 0.25) is 5.91 Å². The fourth-order valence-corrected chi connectivity index (χ4v) is 1.59. The van der Waals surface area contributed by atoms with Gasteiger partial charge in [0.15, 0.2) is 0 Å². The second kappa shape index (κ2) is 8.17. The summed E-state index contributed by atoms with van der Waals surface area (Å²) < 4.78 is 5.45. The first-order valence-corrected chi connectivity index (χ1v) is 6.34. The van der Waals surface area contributed by atoms with E-state index in [2.05, 4.69) is 16.6 Å². The van der Waals surface area contributed by atoms with E-state index in [-0.39, 0.29) is 18.6 Å². The molecule has 1 aromatic rings. The molecular formula is C15H20N2O2. The molecule has 0 fully saturated rings. The van der Waals surface area contributed by atoms with Crippen LogP contribution in [0.2, 0.25) is 0 Å². The van der Waals surface area contributed by atoms with E-state index >= 15 is 0 Å². The average Bonchev–Trinajstić information content (AvgIpc) is 2.43. The number of carbonyl (C=O) groups excluding carboxylic acids is 1. The van der Waals surface area contributed by atoms with Gasteiger partial charge in [-0.2, -0.15) is 0 Å². The fraction of sp³-hybridized carbons (Fsp3) is 0.400. The van der Waals surface area contributed by atoms with Crippen LogP contribution in [-0.2, 0) is 11.3 Å². The van der Waals surface area contributed by atoms with Crippen molar-refractivity contribution in [3.8, 4) is 18.1 Å². The van der Waals surface area contributed by atoms with Gasteiger partial charge in [-0.15, -0.1) is 6.42 Å². The van der Waals surface area contributed by atoms with Crippen LogP contribution in [0.15, 0.2) is 24.3 Å². The largest absolute Gasteiger partial charge is 0.481 e. The maximum absolute atomic E-state index is 11.6. The van der Waals surface area contributed by atoms with Crippen LogP contribution in [0.5, 0.6) is 5.75 Å². The fourth-order valence-electron chi connectivity index (χ4n) is 1.59. The molecule has 1 amide bonds. The van der Waals surface area contributed by atoms with Gasteiger partial charge in [0.05, 0.1) is 6.04 Å². The highest BCUT2D eigenvalue weighted by Gasteiger charge is 2.11. The van der Waals surface area contributed by atoms with Crippen LogP contribution < -0.4 is 15.4 Å². The predicted molar refractivity (Wildman–Crippen MR) is 75.8 cm³/mol. The van der Waals surface area contributed by atoms with E-state index in [4.69, 9.17) is 11.2 Å². The van der Waals surface area contributed by atoms with Crippen LogP contribution in [0.25, 0.3) is 0 Å². The molecule has 4 nitrogen and oxygen atoms in total. The lowest BCUT2D eigenvalue weighted by Gasteiger charge is -2.15. The van der Waals surface area contributed by atoms with Crippen LogP contribution in [0.3, 0.4) is 0 Å². The third-order valence-corrected chi connectivity index (χ3v) is 2.63. The Balaban J connectivity index is 2.57. The molecule has 102 valence electrons. The number of carbonyl (C=O) groups is 1. The minimum Gasteiger partial charge on any atom is -0.481 e. The van der Waals surface area contributed by atoms with Crippen molar-refractivity contribution in [1.82, 2.24) is 10.6 Å². The van der Waals surface area contributed by atoms with Gasteiger partial charge in [0.1, 0.15) is 12.4 Å². The molecule has 0 aromatic heterocycles. The molecule has 0 aliphatic carbocycles. The molecule has 1 rings (SSSR count). The number of likely N-dealkylation sites (N-methyl/N-ethyl adjacent to an activating group) is 1. The lowest BCUT2D eigenvalue weighted by molar-refractivity contribution is -0.122. The summed E-state index contributed by atoms with van der Waals surface area (Å²) in [5.74, 6) is 3.17. The lowest BCUT2D eigenvalue weighted by atomic mass is 10.2. The first-order valence-electron chi connectivity index (χ1n) is 6.34. The van der Waals surface area contributed by atoms with Crippen LogP contribution in [0.4, 0.5) is 0 Å². The average molecular weight is 260 g/mol. The zero-order valence-electron chi connectivity index (χ0n) is 11.4. The molecule has 1 unspecified atom stereocenters. The molecule has 0 aliphatic rings. The van der Waals surface area contributed by atoms with Gasteiger partial charge in [-0.1, -0.05) is 24.1 Å². The lowest BCUT2D eigenvalue weighted by Crippen LogP contribution is -2.41. The second-order valence-electron chi connectivity index (χ2n) is 4.10. The van der Waals surface area contributed by atoms with Crippen molar-refractivity contribution in [1.29, 1.82) is 0 Å². The molecule has 0 aliphatic heterocycles. The highest BCUT2D eigenvalue weighted by Crippen LogP contribution is 2.17. The summed E-state index contributed by atoms with van der Waals surface area (Å²) in [6.07, 6.45) is 5.18. The summed E-state index contributed by atoms with van der Waals surface area (Å²) in [6.45, 7) is 5.15. The molecule has 2 N–H and O–H groups in total. The van der Waals surface area contributed by atoms with Crippen LogP contribution in [0, 0.1) is 12.3 Å². The zero-order valence-corrected chi connectivity index (χ0v) is 11.4. The van der Waals surface area contributed by atoms with Gasteiger partial charge in [0, 0.05) is 18.7 Å². The SMILES string of the molecule is C#CCOc1ccccc1CNC(C)C(=O)NCC. The van der Waals surface area contributed by atoms with Crippen molar-refractivity contribution in [3.05, 3.63) is 29.8 Å². The number of amides is 1. The standard InChI is InChI=1S/C15H20N2O2/c1-4-10-19-14-9-7-6-8-13(14)11-17-12(3)15(18)16-5-2/h1,6-9,12,17H,5,10-11H2,2-3H3,(H,16,18). The van der Waals surface area contributed by atoms with Gasteiger partial charge in [-0.3, -0.25) is 4.79 Å². The Hall–Kier alpha value is -1.99. The maximum Gasteiger partial charge on any atom is 0.236 e. The first-order chi connectivity index (χ1) is 9.19. The monoisotopic (exact) mass is 260 g/mol. The zero-order chi connectivity index (χ0) is 14.1. The van der Waals surface area contributed by atoms with Crippen LogP contribution >= 0.6 is 0 Å². The smallest absolute Gasteiger partial charge is 0.236 e. The molecule has 1 atom stereocenters. The Bertz CT molecular complexity index is 452. The molecule has 19 heavy (non-hydrogen) atoms. The van der Waals surface area contributed by atoms with Gasteiger partial charge in [0.25, 0.3) is 0 Å². The summed E-state index contributed by atoms with van der Waals surface area (Å²) in [4.78, 5) is 11.6.